The van der Waals surface area contributed by atoms with Crippen LogP contribution < -0.4 is 4.74 Å². The largest absolute Gasteiger partial charge is 0.496 e. The van der Waals surface area contributed by atoms with Crippen molar-refractivity contribution >= 4 is 29.1 Å². The molecule has 0 bridgehead atoms. The van der Waals surface area contributed by atoms with Crippen LogP contribution in [0.5, 0.6) is 5.75 Å². The quantitative estimate of drug-likeness (QED) is 0.570. The third-order valence-electron chi connectivity index (χ3n) is 3.96. The molecule has 0 aliphatic rings. The maximum absolute atomic E-state index is 14.3. The van der Waals surface area contributed by atoms with Gasteiger partial charge in [-0.25, -0.2) is 8.78 Å². The number of aliphatic carboxylic acids is 1. The van der Waals surface area contributed by atoms with Crippen LogP contribution in [-0.4, -0.2) is 29.8 Å². The molecule has 2 rings (SSSR count). The van der Waals surface area contributed by atoms with Crippen molar-refractivity contribution in [2.24, 2.45) is 5.92 Å². The van der Waals surface area contributed by atoms with Gasteiger partial charge in [0.05, 0.1) is 17.7 Å². The fourth-order valence-electron chi connectivity index (χ4n) is 2.63. The maximum atomic E-state index is 14.3. The van der Waals surface area contributed by atoms with E-state index in [1.54, 1.807) is 0 Å². The second-order valence-corrected chi connectivity index (χ2v) is 6.19. The molecule has 0 heterocycles. The molecule has 1 atom stereocenters. The normalized spacial score (nSPS) is 11.7. The summed E-state index contributed by atoms with van der Waals surface area (Å²) >= 11 is 5.75. The van der Waals surface area contributed by atoms with Gasteiger partial charge in [0, 0.05) is 12.5 Å². The molecule has 0 aromatic heterocycles. The van der Waals surface area contributed by atoms with E-state index >= 15 is 0 Å². The van der Waals surface area contributed by atoms with E-state index in [1.165, 1.54) is 25.3 Å². The van der Waals surface area contributed by atoms with Gasteiger partial charge < -0.3 is 9.84 Å². The van der Waals surface area contributed by atoms with Gasteiger partial charge in [-0.05, 0) is 30.2 Å². The molecule has 0 radical (unpaired) electrons. The Morgan fingerprint density at radius 3 is 2.41 bits per heavy atom. The van der Waals surface area contributed by atoms with E-state index in [0.717, 1.165) is 19.1 Å². The first-order valence-electron chi connectivity index (χ1n) is 7.74. The van der Waals surface area contributed by atoms with Crippen LogP contribution in [0.25, 0.3) is 0 Å². The van der Waals surface area contributed by atoms with E-state index in [2.05, 4.69) is 0 Å². The molecule has 5 nitrogen and oxygen atoms in total. The lowest BCUT2D eigenvalue weighted by Gasteiger charge is -2.14. The Morgan fingerprint density at radius 1 is 1.19 bits per heavy atom. The number of carbonyl (C=O) groups is 3. The number of carboxylic acids is 1. The highest BCUT2D eigenvalue weighted by Gasteiger charge is 2.34. The number of Topliss-reactive ketones (excluding diaryl/α,β-unsaturated/α-hetero) is 2. The van der Waals surface area contributed by atoms with Crippen LogP contribution >= 0.6 is 11.6 Å². The molecule has 1 unspecified atom stereocenters. The minimum atomic E-state index is -2.02. The zero-order valence-electron chi connectivity index (χ0n) is 14.4. The number of rotatable bonds is 7. The first-order chi connectivity index (χ1) is 12.7. The molecule has 2 aromatic carbocycles. The van der Waals surface area contributed by atoms with Crippen molar-refractivity contribution < 1.29 is 33.0 Å². The molecule has 8 heteroatoms. The van der Waals surface area contributed by atoms with Crippen LogP contribution in [0.15, 0.2) is 30.3 Å². The summed E-state index contributed by atoms with van der Waals surface area (Å²) in [5.41, 5.74) is -0.181. The third-order valence-corrected chi connectivity index (χ3v) is 4.26. The monoisotopic (exact) mass is 396 g/mol. The van der Waals surface area contributed by atoms with Crippen LogP contribution in [-0.2, 0) is 16.0 Å². The number of ketones is 2. The van der Waals surface area contributed by atoms with Gasteiger partial charge in [-0.3, -0.25) is 14.4 Å². The van der Waals surface area contributed by atoms with E-state index in [-0.39, 0.29) is 28.3 Å². The summed E-state index contributed by atoms with van der Waals surface area (Å²) in [5, 5.41) is 8.98. The van der Waals surface area contributed by atoms with Gasteiger partial charge in [0.1, 0.15) is 17.4 Å². The Morgan fingerprint density at radius 2 is 1.85 bits per heavy atom. The minimum Gasteiger partial charge on any atom is -0.496 e. The highest BCUT2D eigenvalue weighted by atomic mass is 35.5. The van der Waals surface area contributed by atoms with E-state index in [9.17, 15) is 23.2 Å². The Bertz CT molecular complexity index is 913. The predicted octanol–water partition coefficient (Wildman–Crippen LogP) is 3.69. The van der Waals surface area contributed by atoms with Gasteiger partial charge in [0.15, 0.2) is 17.5 Å². The Balaban J connectivity index is 2.54. The SMILES string of the molecule is COc1cc(F)c(C(=O)C(C(C)=O)C(=O)O)cc1Cc1cccc(Cl)c1F. The molecule has 0 spiro atoms. The summed E-state index contributed by atoms with van der Waals surface area (Å²) in [6.45, 7) is 0.931. The van der Waals surface area contributed by atoms with Crippen molar-refractivity contribution in [1.82, 2.24) is 0 Å². The van der Waals surface area contributed by atoms with E-state index < -0.39 is 40.7 Å². The molecule has 0 aliphatic carbocycles. The highest BCUT2D eigenvalue weighted by molar-refractivity contribution is 6.30. The number of ether oxygens (including phenoxy) is 1. The number of hydrogen-bond donors (Lipinski definition) is 1. The summed E-state index contributed by atoms with van der Waals surface area (Å²) < 4.78 is 33.6. The molecular weight excluding hydrogens is 382 g/mol. The molecule has 0 amide bonds. The van der Waals surface area contributed by atoms with E-state index in [1.807, 2.05) is 0 Å². The number of methoxy groups -OCH3 is 1. The van der Waals surface area contributed by atoms with Crippen LogP contribution in [0.4, 0.5) is 8.78 Å². The van der Waals surface area contributed by atoms with Crippen molar-refractivity contribution in [3.63, 3.8) is 0 Å². The van der Waals surface area contributed by atoms with Gasteiger partial charge in [0.2, 0.25) is 0 Å². The molecule has 1 N–H and O–H groups in total. The van der Waals surface area contributed by atoms with Gasteiger partial charge >= 0.3 is 5.97 Å². The zero-order chi connectivity index (χ0) is 20.3. The van der Waals surface area contributed by atoms with Crippen LogP contribution in [0.2, 0.25) is 5.02 Å². The molecule has 2 aromatic rings. The van der Waals surface area contributed by atoms with Crippen molar-refractivity contribution in [1.29, 1.82) is 0 Å². The minimum absolute atomic E-state index is 0.0399. The van der Waals surface area contributed by atoms with E-state index in [0.29, 0.717) is 0 Å². The first kappa shape index (κ1) is 20.5. The standard InChI is InChI=1S/C19H15ClF2O5/c1-9(23)16(19(25)26)18(24)12-7-11(15(27-2)8-14(12)21)6-10-4-3-5-13(20)17(10)22/h3-5,7-8,16H,6H2,1-2H3,(H,25,26). The fraction of sp³-hybridized carbons (Fsp3) is 0.211. The third kappa shape index (κ3) is 4.31. The molecule has 0 saturated carbocycles. The average molecular weight is 397 g/mol. The second kappa shape index (κ2) is 8.26. The van der Waals surface area contributed by atoms with Crippen LogP contribution in [0.1, 0.15) is 28.4 Å². The lowest BCUT2D eigenvalue weighted by atomic mass is 9.91. The van der Waals surface area contributed by atoms with Crippen molar-refractivity contribution in [3.05, 3.63) is 63.7 Å². The number of carbonyl (C=O) groups excluding carboxylic acids is 2. The molecule has 0 aliphatic heterocycles. The van der Waals surface area contributed by atoms with Crippen molar-refractivity contribution in [2.75, 3.05) is 7.11 Å². The Hall–Kier alpha value is -2.80. The highest BCUT2D eigenvalue weighted by Crippen LogP contribution is 2.29. The summed E-state index contributed by atoms with van der Waals surface area (Å²) in [6, 6.07) is 6.31. The molecule has 142 valence electrons. The number of carboxylic acid groups (broad SMARTS) is 1. The molecule has 0 fully saturated rings. The van der Waals surface area contributed by atoms with Gasteiger partial charge in [-0.1, -0.05) is 23.7 Å². The van der Waals surface area contributed by atoms with Crippen LogP contribution in [0, 0.1) is 17.6 Å². The number of benzene rings is 2. The zero-order valence-corrected chi connectivity index (χ0v) is 15.1. The number of halogens is 3. The van der Waals surface area contributed by atoms with Crippen LogP contribution in [0.3, 0.4) is 0 Å². The topological polar surface area (TPSA) is 80.7 Å². The summed E-state index contributed by atoms with van der Waals surface area (Å²) in [6.07, 6.45) is -0.0893. The average Bonchev–Trinajstić information content (AvgIpc) is 2.59. The smallest absolute Gasteiger partial charge is 0.322 e. The predicted molar refractivity (Wildman–Crippen MR) is 93.3 cm³/mol. The van der Waals surface area contributed by atoms with Gasteiger partial charge in [-0.2, -0.15) is 0 Å². The van der Waals surface area contributed by atoms with Crippen molar-refractivity contribution in [3.8, 4) is 5.75 Å². The Labute approximate surface area is 158 Å². The van der Waals surface area contributed by atoms with Gasteiger partial charge in [-0.15, -0.1) is 0 Å². The molecule has 0 saturated heterocycles. The molecule has 27 heavy (non-hydrogen) atoms. The summed E-state index contributed by atoms with van der Waals surface area (Å²) in [5.74, 6) is -7.50. The summed E-state index contributed by atoms with van der Waals surface area (Å²) in [4.78, 5) is 35.1. The summed E-state index contributed by atoms with van der Waals surface area (Å²) in [7, 11) is 1.27. The van der Waals surface area contributed by atoms with Crippen molar-refractivity contribution in [2.45, 2.75) is 13.3 Å². The van der Waals surface area contributed by atoms with Gasteiger partial charge in [0.25, 0.3) is 0 Å². The molecular formula is C19H15ClF2O5. The fourth-order valence-corrected chi connectivity index (χ4v) is 2.83. The maximum Gasteiger partial charge on any atom is 0.322 e. The lowest BCUT2D eigenvalue weighted by molar-refractivity contribution is -0.143. The lowest BCUT2D eigenvalue weighted by Crippen LogP contribution is -2.31. The number of hydrogen-bond acceptors (Lipinski definition) is 4. The second-order valence-electron chi connectivity index (χ2n) is 5.78. The first-order valence-corrected chi connectivity index (χ1v) is 8.12. The Kier molecular flexibility index (Phi) is 6.28. The van der Waals surface area contributed by atoms with E-state index in [4.69, 9.17) is 21.4 Å².